The van der Waals surface area contributed by atoms with Crippen molar-refractivity contribution in [2.24, 2.45) is 0 Å². The van der Waals surface area contributed by atoms with Crippen LogP contribution in [0.3, 0.4) is 0 Å². The number of hydrogen-bond donors (Lipinski definition) is 0. The third kappa shape index (κ3) is 16.1. The number of furan rings is 1. The first-order chi connectivity index (χ1) is 98.7. The summed E-state index contributed by atoms with van der Waals surface area (Å²) in [6, 6.07) is 19.6. The van der Waals surface area contributed by atoms with E-state index in [0.29, 0.717) is 33.6 Å². The largest absolute Gasteiger partial charge is 0.455 e. The standard InChI is InChI=1S/2C50H34N2.C43H31NO/c2*1-3-12-35(13-4-1)37-24-28-43(29-25-37)51(44-19-11-16-40(33-44)41-23-22-36-14-7-8-15-39(36)32-41)45-30-26-38-27-31-47-46-20-9-10-21-49(46)52(50(47)48(38)34-45)42-17-5-2-6-18-42;1-43(2)38-25-24-36-35-14-8-9-15-40(35)45-42(36)41(38)37-23-22-34(27-39(37)43)44(32-12-4-3-5-13-32)33-20-18-29(19-21-33)31-17-16-28-10-6-7-11-30(28)26-31/h2*1-34H;3-27H,1-2H3/i2D,5D,6D,7D,8D,9D,10D,11D,14D,15D,16D,17D,18D,19D,20D,21D,22D,23D,26D,27D,30D,31D,32D,33D,34D;1D,2D,3D,4D,5D,6D,9D,10D,12D,13D,17D,18D,20D,21D,24D,25D,26D,27D,28D,29D,30D,31D,34D;1D3,8D,9D,14D,15D,22D,23D,24D,25D,27D. The number of aromatic nitrogens is 2. The molecule has 28 aromatic rings. The fourth-order valence-corrected chi connectivity index (χ4v) is 18.8. The maximum absolute atomic E-state index is 10.3. The quantitative estimate of drug-likeness (QED) is 0.0965. The molecule has 1 aliphatic carbocycles. The molecule has 1 aliphatic rings. The van der Waals surface area contributed by atoms with Gasteiger partial charge in [-0.1, -0.05) is 407 Å². The van der Waals surface area contributed by atoms with Crippen LogP contribution in [0.5, 0.6) is 0 Å². The van der Waals surface area contributed by atoms with Crippen LogP contribution in [0.2, 0.25) is 0 Å². The Balaban J connectivity index is 0.000000143. The number of rotatable bonds is 16. The van der Waals surface area contributed by atoms with Crippen molar-refractivity contribution in [1.29, 1.82) is 0 Å². The highest BCUT2D eigenvalue weighted by Gasteiger charge is 2.39. The Morgan fingerprint density at radius 1 is 0.228 bits per heavy atom. The van der Waals surface area contributed by atoms with Gasteiger partial charge >= 0.3 is 0 Å². The topological polar surface area (TPSA) is 32.7 Å². The monoisotopic (exact) mass is 1960 g/mol. The van der Waals surface area contributed by atoms with Gasteiger partial charge in [0.1, 0.15) is 11.2 Å². The summed E-state index contributed by atoms with van der Waals surface area (Å²) in [4.78, 5) is 3.56. The Kier molecular flexibility index (Phi) is 11.6. The Bertz CT molecular complexity index is 13800. The van der Waals surface area contributed by atoms with Crippen molar-refractivity contribution in [3.05, 3.63) is 574 Å². The molecule has 29 rings (SSSR count). The third-order valence-electron chi connectivity index (χ3n) is 25.7. The molecule has 6 heteroatoms. The van der Waals surface area contributed by atoms with Crippen LogP contribution >= 0.6 is 0 Å². The molecule has 1 unspecified atom stereocenters. The van der Waals surface area contributed by atoms with Gasteiger partial charge in [-0.15, -0.1) is 0 Å². The summed E-state index contributed by atoms with van der Waals surface area (Å²) in [7, 11) is 0. The van der Waals surface area contributed by atoms with Crippen molar-refractivity contribution < 1.29 is 86.7 Å². The molecule has 702 valence electrons. The minimum absolute atomic E-state index is 0.0528. The van der Waals surface area contributed by atoms with Crippen molar-refractivity contribution >= 4 is 171 Å². The molecule has 0 aliphatic heterocycles. The maximum Gasteiger partial charge on any atom is 0.143 e. The number of benzene rings is 25. The molecule has 0 bridgehead atoms. The fourth-order valence-electron chi connectivity index (χ4n) is 18.8. The van der Waals surface area contributed by atoms with Crippen LogP contribution in [-0.4, -0.2) is 9.13 Å². The highest BCUT2D eigenvalue weighted by Crippen LogP contribution is 2.56. The molecule has 25 aromatic carbocycles. The Hall–Kier alpha value is -19.4. The van der Waals surface area contributed by atoms with Crippen molar-refractivity contribution in [2.75, 3.05) is 14.7 Å². The lowest BCUT2D eigenvalue weighted by atomic mass is 9.82. The van der Waals surface area contributed by atoms with Crippen molar-refractivity contribution in [1.82, 2.24) is 9.13 Å². The van der Waals surface area contributed by atoms with Gasteiger partial charge in [0.15, 0.2) is 0 Å². The second kappa shape index (κ2) is 37.4. The lowest BCUT2D eigenvalue weighted by Crippen LogP contribution is -2.16. The predicted molar refractivity (Wildman–Crippen MR) is 632 cm³/mol. The molecular weight excluding hydrogens is 1800 g/mol. The van der Waals surface area contributed by atoms with Gasteiger partial charge in [-0.25, -0.2) is 0 Å². The van der Waals surface area contributed by atoms with Gasteiger partial charge in [0, 0.05) is 121 Å². The van der Waals surface area contributed by atoms with Crippen LogP contribution in [0.1, 0.15) is 107 Å². The molecule has 3 heterocycles. The highest BCUT2D eigenvalue weighted by molar-refractivity contribution is 6.21. The van der Waals surface area contributed by atoms with Crippen molar-refractivity contribution in [3.8, 4) is 78.1 Å². The van der Waals surface area contributed by atoms with Crippen LogP contribution in [0.25, 0.3) is 198 Å². The summed E-state index contributed by atoms with van der Waals surface area (Å²) in [6.07, 6.45) is 0. The minimum atomic E-state index is -2.96. The molecule has 0 fully saturated rings. The number of para-hydroxylation sites is 6. The molecule has 3 aromatic heterocycles. The van der Waals surface area contributed by atoms with Crippen LogP contribution in [0, 0.1) is 0 Å². The molecule has 0 saturated heterocycles. The lowest BCUT2D eigenvalue weighted by molar-refractivity contribution is 0.653. The summed E-state index contributed by atoms with van der Waals surface area (Å²) in [5.41, 5.74) is -7.20. The minimum Gasteiger partial charge on any atom is -0.455 e. The zero-order chi connectivity index (χ0) is 151. The third-order valence-corrected chi connectivity index (χ3v) is 25.7. The zero-order valence-electron chi connectivity index (χ0n) is 137. The van der Waals surface area contributed by atoms with Gasteiger partial charge in [0.2, 0.25) is 0 Å². The van der Waals surface area contributed by atoms with Crippen molar-refractivity contribution in [2.45, 2.75) is 19.2 Å². The first kappa shape index (κ1) is 46.1. The van der Waals surface area contributed by atoms with E-state index in [0.717, 1.165) is 51.6 Å². The Morgan fingerprint density at radius 2 is 0.651 bits per heavy atom. The average Bonchev–Trinajstić information content (AvgIpc) is 1.50. The Labute approximate surface area is 949 Å². The van der Waals surface area contributed by atoms with Crippen LogP contribution in [0.15, 0.2) is 567 Å². The van der Waals surface area contributed by atoms with E-state index in [1.165, 1.54) is 25.1 Å². The van der Waals surface area contributed by atoms with E-state index in [1.807, 2.05) is 103 Å². The van der Waals surface area contributed by atoms with Gasteiger partial charge < -0.3 is 28.3 Å². The van der Waals surface area contributed by atoms with Crippen LogP contribution < -0.4 is 14.7 Å². The molecule has 1 atom stereocenters. The molecule has 0 amide bonds. The summed E-state index contributed by atoms with van der Waals surface area (Å²) < 4.78 is 551. The molecule has 0 N–H and O–H groups in total. The number of anilines is 9. The zero-order valence-corrected chi connectivity index (χ0v) is 77.4. The van der Waals surface area contributed by atoms with Gasteiger partial charge in [0.05, 0.1) is 100 Å². The number of fused-ring (bicyclic) bond motifs is 20. The SMILES string of the molecule is [2H]c1c([2H])c(N(c2ccccc2)c2ccc(-c3ccc4ccccc4c3)cc2)c([2H])c2c1-c1c(c([2H])c([2H])c3c1oc1c([2H])c([2H])c([2H])c([2H])c13)C2(C)C([2H])([2H])[2H].[2H]c1c([2H])c([2H])c(-c2c([2H])c([2H])c(N(c3cccc(-c4ccc5ccccc5c4)c3)c3c([2H])c([2H])c4c([2H])c([2H])c5c6c([2H])c([2H])c([2H])c([2H])c6n(-c6c([2H])c([2H])c([2H])c([2H])c6[2H])c5c4c3[2H])c([2H])c2[2H])c([2H])c1[2H].[2H]c1c([2H])c([2H])c(-n2c3c([2H])c([2H])c([2H])c([2H])c3c3c([2H])c([2H])c4c([2H])c([2H])c(N(c5ccc(-c6ccccc6)cc5)c5c([2H])c([2H])c([2H])c(-c6c([2H])c([2H])c7c([2H])c([2H])c([2H])c([2H])c7c6[2H])c5[2H])c([2H])c4c32)c([2H])c1[2H]. The normalized spacial score (nSPS) is 18.4. The summed E-state index contributed by atoms with van der Waals surface area (Å²) in [6.45, 7) is -1.61. The van der Waals surface area contributed by atoms with E-state index in [4.69, 9.17) is 52.4 Å². The van der Waals surface area contributed by atoms with E-state index in [2.05, 4.69) is 12.1 Å². The summed E-state index contributed by atoms with van der Waals surface area (Å²) in [5.74, 6) is 0. The highest BCUT2D eigenvalue weighted by atomic mass is 16.3. The van der Waals surface area contributed by atoms with E-state index in [1.54, 1.807) is 89.8 Å². The maximum atomic E-state index is 10.3. The number of hydrogen-bond acceptors (Lipinski definition) is 4. The average molecular weight is 1960 g/mol. The Morgan fingerprint density at radius 3 is 1.28 bits per heavy atom. The molecule has 149 heavy (non-hydrogen) atoms. The van der Waals surface area contributed by atoms with Crippen LogP contribution in [-0.2, 0) is 5.41 Å². The molecule has 0 saturated carbocycles. The van der Waals surface area contributed by atoms with E-state index in [9.17, 15) is 34.3 Å². The van der Waals surface area contributed by atoms with E-state index >= 15 is 0 Å². The van der Waals surface area contributed by atoms with E-state index < -0.39 is 483 Å². The second-order valence-corrected chi connectivity index (χ2v) is 34.5. The van der Waals surface area contributed by atoms with Crippen molar-refractivity contribution in [3.63, 3.8) is 0 Å². The first-order valence-electron chi connectivity index (χ1n) is 76.4. The van der Waals surface area contributed by atoms with Gasteiger partial charge in [-0.05, 0) is 285 Å². The predicted octanol–water partition coefficient (Wildman–Crippen LogP) is 40.0. The van der Waals surface area contributed by atoms with Gasteiger partial charge in [0.25, 0.3) is 0 Å². The summed E-state index contributed by atoms with van der Waals surface area (Å²) >= 11 is 0. The number of nitrogens with zero attached hydrogens (tertiary/aromatic N) is 5. The van der Waals surface area contributed by atoms with Gasteiger partial charge in [-0.3, -0.25) is 0 Å². The lowest BCUT2D eigenvalue weighted by Gasteiger charge is -2.28. The van der Waals surface area contributed by atoms with Crippen LogP contribution in [0.4, 0.5) is 51.2 Å². The molecule has 0 spiro atoms. The first-order valence-corrected chi connectivity index (χ1v) is 46.4. The van der Waals surface area contributed by atoms with Gasteiger partial charge in [-0.2, -0.15) is 0 Å². The molecule has 0 radical (unpaired) electrons. The van der Waals surface area contributed by atoms with E-state index in [-0.39, 0.29) is 67.3 Å². The summed E-state index contributed by atoms with van der Waals surface area (Å²) in [5, 5.41) is -1.64. The smallest absolute Gasteiger partial charge is 0.143 e. The molecule has 6 nitrogen and oxygen atoms in total. The molecular formula is C143H99N5O. The fraction of sp³-hybridized carbons (Fsp3) is 0.0210. The second-order valence-electron chi connectivity index (χ2n) is 34.5.